The third-order valence-corrected chi connectivity index (χ3v) is 3.96. The number of piperazine rings is 1. The molecule has 1 heterocycles. The monoisotopic (exact) mass is 318 g/mol. The van der Waals surface area contributed by atoms with Crippen LogP contribution in [0.25, 0.3) is 0 Å². The second-order valence-electron chi connectivity index (χ2n) is 5.55. The van der Waals surface area contributed by atoms with E-state index in [1.54, 1.807) is 24.3 Å². The number of benzene rings is 2. The molecule has 0 saturated carbocycles. The summed E-state index contributed by atoms with van der Waals surface area (Å²) in [5.74, 6) is 1.27. The molecule has 1 fully saturated rings. The van der Waals surface area contributed by atoms with Gasteiger partial charge in [0.2, 0.25) is 0 Å². The average molecular weight is 318 g/mol. The van der Waals surface area contributed by atoms with E-state index < -0.39 is 12.5 Å². The number of rotatable bonds is 5. The minimum atomic E-state index is -2.43. The zero-order valence-corrected chi connectivity index (χ0v) is 12.8. The molecule has 3 nitrogen and oxygen atoms in total. The van der Waals surface area contributed by atoms with Crippen LogP contribution >= 0.6 is 0 Å². The van der Waals surface area contributed by atoms with Crippen LogP contribution in [0.15, 0.2) is 54.6 Å². The lowest BCUT2D eigenvalue weighted by molar-refractivity contribution is 0.0181. The smallest absolute Gasteiger partial charge is 0.258 e. The summed E-state index contributed by atoms with van der Waals surface area (Å²) in [6.45, 7) is 2.73. The summed E-state index contributed by atoms with van der Waals surface area (Å²) in [4.78, 5) is 1.84. The first-order valence-electron chi connectivity index (χ1n) is 7.80. The molecule has 1 atom stereocenters. The molecule has 1 aliphatic heterocycles. The van der Waals surface area contributed by atoms with Crippen molar-refractivity contribution in [3.05, 3.63) is 60.2 Å². The fourth-order valence-electron chi connectivity index (χ4n) is 2.86. The maximum atomic E-state index is 13.6. The Morgan fingerprint density at radius 3 is 2.30 bits per heavy atom. The lowest BCUT2D eigenvalue weighted by atomic mass is 10.0. The molecule has 0 aliphatic carbocycles. The van der Waals surface area contributed by atoms with E-state index in [1.807, 2.05) is 35.2 Å². The molecule has 1 saturated heterocycles. The van der Waals surface area contributed by atoms with Crippen LogP contribution in [0.2, 0.25) is 0 Å². The summed E-state index contributed by atoms with van der Waals surface area (Å²) in [7, 11) is 0. The minimum Gasteiger partial charge on any atom is -0.457 e. The summed E-state index contributed by atoms with van der Waals surface area (Å²) in [5, 5.41) is 3.19. The molecule has 2 aromatic rings. The van der Waals surface area contributed by atoms with Gasteiger partial charge >= 0.3 is 0 Å². The van der Waals surface area contributed by atoms with Gasteiger partial charge in [-0.25, -0.2) is 8.78 Å². The topological polar surface area (TPSA) is 24.5 Å². The van der Waals surface area contributed by atoms with Gasteiger partial charge in [0.1, 0.15) is 11.5 Å². The van der Waals surface area contributed by atoms with E-state index in [1.165, 1.54) is 0 Å². The van der Waals surface area contributed by atoms with E-state index in [-0.39, 0.29) is 0 Å². The molecular weight excluding hydrogens is 298 g/mol. The third-order valence-electron chi connectivity index (χ3n) is 3.96. The van der Waals surface area contributed by atoms with E-state index in [0.717, 1.165) is 13.1 Å². The first-order valence-corrected chi connectivity index (χ1v) is 7.80. The molecule has 3 rings (SSSR count). The van der Waals surface area contributed by atoms with Crippen molar-refractivity contribution in [1.29, 1.82) is 0 Å². The van der Waals surface area contributed by atoms with Crippen molar-refractivity contribution in [3.8, 4) is 11.5 Å². The Kier molecular flexibility index (Phi) is 5.20. The zero-order valence-electron chi connectivity index (χ0n) is 12.8. The van der Waals surface area contributed by atoms with Crippen LogP contribution in [-0.4, -0.2) is 37.5 Å². The molecule has 5 heteroatoms. The van der Waals surface area contributed by atoms with Gasteiger partial charge in [-0.15, -0.1) is 0 Å². The fraction of sp³-hybridized carbons (Fsp3) is 0.333. The van der Waals surface area contributed by atoms with Crippen LogP contribution in [0.1, 0.15) is 11.6 Å². The number of hydrogen-bond donors (Lipinski definition) is 1. The number of ether oxygens (including phenoxy) is 1. The molecule has 0 amide bonds. The van der Waals surface area contributed by atoms with Gasteiger partial charge in [-0.2, -0.15) is 0 Å². The molecule has 0 bridgehead atoms. The first kappa shape index (κ1) is 15.9. The van der Waals surface area contributed by atoms with Crippen LogP contribution in [0.4, 0.5) is 8.78 Å². The molecule has 0 unspecified atom stereocenters. The lowest BCUT2D eigenvalue weighted by Gasteiger charge is -2.34. The van der Waals surface area contributed by atoms with Crippen molar-refractivity contribution >= 4 is 0 Å². The van der Waals surface area contributed by atoms with E-state index in [4.69, 9.17) is 4.74 Å². The van der Waals surface area contributed by atoms with Crippen LogP contribution in [0.5, 0.6) is 11.5 Å². The Morgan fingerprint density at radius 2 is 1.61 bits per heavy atom. The van der Waals surface area contributed by atoms with Gasteiger partial charge in [0, 0.05) is 26.2 Å². The Balaban J connectivity index is 1.81. The average Bonchev–Trinajstić information content (AvgIpc) is 2.57. The summed E-state index contributed by atoms with van der Waals surface area (Å²) in [6, 6.07) is 15.5. The standard InChI is InChI=1S/C18H20F2N2O/c19-18(20)17(22-11-9-21-10-12-22)14-5-4-8-16(13-14)23-15-6-2-1-3-7-15/h1-8,13,17-18,21H,9-12H2/t17-/m0/s1. The van der Waals surface area contributed by atoms with E-state index in [9.17, 15) is 8.78 Å². The maximum absolute atomic E-state index is 13.6. The highest BCUT2D eigenvalue weighted by molar-refractivity contribution is 5.35. The van der Waals surface area contributed by atoms with E-state index in [2.05, 4.69) is 5.32 Å². The highest BCUT2D eigenvalue weighted by Gasteiger charge is 2.30. The van der Waals surface area contributed by atoms with Gasteiger partial charge in [-0.05, 0) is 29.8 Å². The van der Waals surface area contributed by atoms with Crippen molar-refractivity contribution in [3.63, 3.8) is 0 Å². The van der Waals surface area contributed by atoms with Crippen molar-refractivity contribution in [2.24, 2.45) is 0 Å². The molecule has 122 valence electrons. The fourth-order valence-corrected chi connectivity index (χ4v) is 2.86. The lowest BCUT2D eigenvalue weighted by Crippen LogP contribution is -2.46. The maximum Gasteiger partial charge on any atom is 0.258 e. The quantitative estimate of drug-likeness (QED) is 0.910. The van der Waals surface area contributed by atoms with Crippen LogP contribution in [0.3, 0.4) is 0 Å². The Morgan fingerprint density at radius 1 is 0.913 bits per heavy atom. The number of halogens is 2. The summed E-state index contributed by atoms with van der Waals surface area (Å²) in [5.41, 5.74) is 0.593. The van der Waals surface area contributed by atoms with Crippen LogP contribution in [-0.2, 0) is 0 Å². The largest absolute Gasteiger partial charge is 0.457 e. The molecule has 0 aromatic heterocycles. The number of nitrogens with one attached hydrogen (secondary N) is 1. The molecule has 0 spiro atoms. The van der Waals surface area contributed by atoms with Crippen molar-refractivity contribution in [1.82, 2.24) is 10.2 Å². The molecule has 1 N–H and O–H groups in total. The van der Waals surface area contributed by atoms with Crippen LogP contribution in [0, 0.1) is 0 Å². The first-order chi connectivity index (χ1) is 11.2. The highest BCUT2D eigenvalue weighted by Crippen LogP contribution is 2.31. The third kappa shape index (κ3) is 4.06. The molecule has 23 heavy (non-hydrogen) atoms. The number of hydrogen-bond acceptors (Lipinski definition) is 3. The van der Waals surface area contributed by atoms with Gasteiger partial charge in [-0.1, -0.05) is 30.3 Å². The summed E-state index contributed by atoms with van der Waals surface area (Å²) < 4.78 is 33.0. The summed E-state index contributed by atoms with van der Waals surface area (Å²) in [6.07, 6.45) is -2.43. The number of alkyl halides is 2. The Bertz CT molecular complexity index is 615. The van der Waals surface area contributed by atoms with Gasteiger partial charge in [-0.3, -0.25) is 4.90 Å². The molecular formula is C18H20F2N2O. The van der Waals surface area contributed by atoms with Crippen LogP contribution < -0.4 is 10.1 Å². The zero-order chi connectivity index (χ0) is 16.1. The Hall–Kier alpha value is -1.98. The predicted molar refractivity (Wildman–Crippen MR) is 86.1 cm³/mol. The van der Waals surface area contributed by atoms with Gasteiger partial charge < -0.3 is 10.1 Å². The van der Waals surface area contributed by atoms with Gasteiger partial charge in [0.25, 0.3) is 6.43 Å². The van der Waals surface area contributed by atoms with E-state index >= 15 is 0 Å². The Labute approximate surface area is 134 Å². The van der Waals surface area contributed by atoms with Crippen molar-refractivity contribution < 1.29 is 13.5 Å². The minimum absolute atomic E-state index is 0.578. The van der Waals surface area contributed by atoms with Crippen molar-refractivity contribution in [2.45, 2.75) is 12.5 Å². The number of nitrogens with zero attached hydrogens (tertiary/aromatic N) is 1. The second kappa shape index (κ2) is 7.53. The second-order valence-corrected chi connectivity index (χ2v) is 5.55. The van der Waals surface area contributed by atoms with Crippen molar-refractivity contribution in [2.75, 3.05) is 26.2 Å². The van der Waals surface area contributed by atoms with Gasteiger partial charge in [0.05, 0.1) is 6.04 Å². The van der Waals surface area contributed by atoms with Gasteiger partial charge in [0.15, 0.2) is 0 Å². The predicted octanol–water partition coefficient (Wildman–Crippen LogP) is 3.69. The normalized spacial score (nSPS) is 17.2. The van der Waals surface area contributed by atoms with E-state index in [0.29, 0.717) is 30.2 Å². The highest BCUT2D eigenvalue weighted by atomic mass is 19.3. The molecule has 1 aliphatic rings. The molecule has 2 aromatic carbocycles. The molecule has 0 radical (unpaired) electrons. The summed E-state index contributed by atoms with van der Waals surface area (Å²) >= 11 is 0. The number of para-hydroxylation sites is 1. The SMILES string of the molecule is FC(F)[C@H](c1cccc(Oc2ccccc2)c1)N1CCNCC1.